The van der Waals surface area contributed by atoms with Crippen molar-refractivity contribution in [3.05, 3.63) is 73.1 Å². The van der Waals surface area contributed by atoms with E-state index in [0.29, 0.717) is 0 Å². The molecule has 3 nitrogen and oxygen atoms in total. The molecule has 121 valence electrons. The van der Waals surface area contributed by atoms with E-state index in [1.165, 1.54) is 27.1 Å². The average Bonchev–Trinajstić information content (AvgIpc) is 2.95. The van der Waals surface area contributed by atoms with Gasteiger partial charge in [-0.25, -0.2) is 10.5 Å². The van der Waals surface area contributed by atoms with Crippen molar-refractivity contribution >= 4 is 32.7 Å². The van der Waals surface area contributed by atoms with Crippen molar-refractivity contribution in [1.29, 1.82) is 0 Å². The van der Waals surface area contributed by atoms with Crippen molar-refractivity contribution in [2.75, 3.05) is 7.11 Å². The summed E-state index contributed by atoms with van der Waals surface area (Å²) in [6.45, 7) is 0. The molecule has 5 rings (SSSR count). The van der Waals surface area contributed by atoms with Crippen LogP contribution < -0.4 is 9.14 Å². The minimum atomic E-state index is 0. The summed E-state index contributed by atoms with van der Waals surface area (Å²) in [6, 6.07) is 21.3. The van der Waals surface area contributed by atoms with E-state index >= 15 is 0 Å². The first kappa shape index (κ1) is 15.1. The number of ether oxygens (including phenoxy) is 1. The maximum absolute atomic E-state index is 5.61. The Morgan fingerprint density at radius 1 is 1.00 bits per heavy atom. The number of methoxy groups -OCH3 is 1. The van der Waals surface area contributed by atoms with Crippen molar-refractivity contribution in [2.45, 2.75) is 0 Å². The summed E-state index contributed by atoms with van der Waals surface area (Å²) in [6.07, 6.45) is 4.11. The second-order valence-electron chi connectivity index (χ2n) is 5.72. The van der Waals surface area contributed by atoms with Crippen LogP contribution in [-0.2, 0) is 20.1 Å². The maximum Gasteiger partial charge on any atom is 0.244 e. The predicted octanol–water partition coefficient (Wildman–Crippen LogP) is 3.99. The van der Waals surface area contributed by atoms with Crippen LogP contribution in [0.15, 0.2) is 73.1 Å². The first-order valence-electron chi connectivity index (χ1n) is 7.67. The molecule has 4 heteroatoms. The molecule has 0 fully saturated rings. The topological polar surface area (TPSA) is 17.7 Å². The third-order valence-electron chi connectivity index (χ3n) is 4.54. The molecule has 0 atom stereocenters. The van der Waals surface area contributed by atoms with Gasteiger partial charge < -0.3 is 9.14 Å². The van der Waals surface area contributed by atoms with E-state index in [1.807, 2.05) is 6.07 Å². The third-order valence-corrected chi connectivity index (χ3v) is 4.54. The molecule has 2 aromatic carbocycles. The fourth-order valence-corrected chi connectivity index (χ4v) is 3.56. The van der Waals surface area contributed by atoms with E-state index in [4.69, 9.17) is 4.74 Å². The molecule has 0 unspecified atom stereocenters. The largest absolute Gasteiger partial charge is 0.506 e. The van der Waals surface area contributed by atoms with Gasteiger partial charge in [0.1, 0.15) is 11.7 Å². The van der Waals surface area contributed by atoms with Gasteiger partial charge in [0.25, 0.3) is 0 Å². The zero-order valence-electron chi connectivity index (χ0n) is 13.1. The molecule has 0 N–H and O–H groups in total. The van der Waals surface area contributed by atoms with Gasteiger partial charge in [0, 0.05) is 25.5 Å². The predicted molar refractivity (Wildman–Crippen MR) is 92.1 cm³/mol. The van der Waals surface area contributed by atoms with Gasteiger partial charge in [-0.3, -0.25) is 0 Å². The van der Waals surface area contributed by atoms with Gasteiger partial charge in [-0.15, -0.1) is 12.1 Å². The van der Waals surface area contributed by atoms with Crippen LogP contribution in [0, 0.1) is 0 Å². The molecule has 24 heavy (non-hydrogen) atoms. The fourth-order valence-electron chi connectivity index (χ4n) is 3.56. The Labute approximate surface area is 152 Å². The van der Waals surface area contributed by atoms with Gasteiger partial charge in [0.2, 0.25) is 5.88 Å². The number of hydrogen-bond acceptors (Lipinski definition) is 1. The van der Waals surface area contributed by atoms with Gasteiger partial charge >= 0.3 is 0 Å². The molecule has 1 radical (unpaired) electrons. The van der Waals surface area contributed by atoms with E-state index in [1.54, 1.807) is 7.11 Å². The van der Waals surface area contributed by atoms with Crippen molar-refractivity contribution in [2.24, 2.45) is 0 Å². The average molecular weight is 492 g/mol. The number of fused-ring (bicyclic) bond motifs is 3. The van der Waals surface area contributed by atoms with Crippen LogP contribution in [0.1, 0.15) is 0 Å². The molecule has 0 aliphatic heterocycles. The summed E-state index contributed by atoms with van der Waals surface area (Å²) in [5.41, 5.74) is 2.31. The first-order chi connectivity index (χ1) is 11.4. The summed E-state index contributed by atoms with van der Waals surface area (Å²) in [5, 5.41) is 4.98. The third kappa shape index (κ3) is 1.90. The Hall–Kier alpha value is -2.42. The van der Waals surface area contributed by atoms with Crippen molar-refractivity contribution < 1.29 is 29.2 Å². The van der Waals surface area contributed by atoms with Crippen molar-refractivity contribution in [3.8, 4) is 5.88 Å². The van der Waals surface area contributed by atoms with Gasteiger partial charge in [-0.2, -0.15) is 17.5 Å². The monoisotopic (exact) mass is 492 g/mol. The Kier molecular flexibility index (Phi) is 3.52. The fraction of sp³-hybridized carbons (Fsp3) is 0.0500. The molecule has 0 saturated heterocycles. The number of nitrogens with zero attached hydrogens (tertiary/aromatic N) is 2. The number of pyridine rings is 1. The Morgan fingerprint density at radius 2 is 1.83 bits per heavy atom. The normalized spacial score (nSPS) is 11.2. The smallest absolute Gasteiger partial charge is 0.244 e. The molecule has 0 spiro atoms. The van der Waals surface area contributed by atoms with E-state index in [2.05, 4.69) is 75.8 Å². The Morgan fingerprint density at radius 3 is 2.71 bits per heavy atom. The molecule has 3 aromatic heterocycles. The summed E-state index contributed by atoms with van der Waals surface area (Å²) in [4.78, 5) is 0. The van der Waals surface area contributed by atoms with Crippen LogP contribution in [0.25, 0.3) is 32.7 Å². The SMILES string of the molecule is COc1cn2c3ccccc3c3cccc4[cH-]cc[cH-][n+]1c2c43.[Ir]. The van der Waals surface area contributed by atoms with Gasteiger partial charge in [-0.1, -0.05) is 29.7 Å². The van der Waals surface area contributed by atoms with Crippen molar-refractivity contribution in [1.82, 2.24) is 4.40 Å². The quantitative estimate of drug-likeness (QED) is 0.197. The van der Waals surface area contributed by atoms with Crippen molar-refractivity contribution in [3.63, 3.8) is 0 Å². The molecule has 0 amide bonds. The number of para-hydroxylation sites is 1. The van der Waals surface area contributed by atoms with Crippen LogP contribution in [-0.4, -0.2) is 11.5 Å². The molecule has 3 heterocycles. The number of imidazole rings is 1. The Bertz CT molecular complexity index is 1210. The number of hydrogen-bond donors (Lipinski definition) is 0. The minimum absolute atomic E-state index is 0. The van der Waals surface area contributed by atoms with Crippen LogP contribution in [0.5, 0.6) is 5.88 Å². The first-order valence-corrected chi connectivity index (χ1v) is 7.67. The van der Waals surface area contributed by atoms with E-state index in [9.17, 15) is 0 Å². The Balaban J connectivity index is 0.00000146. The zero-order chi connectivity index (χ0) is 15.4. The molecular formula is C20H15IrN2O-. The molecular weight excluding hydrogens is 476 g/mol. The molecule has 0 aliphatic carbocycles. The van der Waals surface area contributed by atoms with Gasteiger partial charge in [0.15, 0.2) is 5.65 Å². The summed E-state index contributed by atoms with van der Waals surface area (Å²) in [5.74, 6) is 0.823. The van der Waals surface area contributed by atoms with Crippen LogP contribution in [0.3, 0.4) is 0 Å². The van der Waals surface area contributed by atoms with E-state index in [-0.39, 0.29) is 20.1 Å². The van der Waals surface area contributed by atoms with Gasteiger partial charge in [-0.05, 0) is 17.6 Å². The summed E-state index contributed by atoms with van der Waals surface area (Å²) in [7, 11) is 1.71. The van der Waals surface area contributed by atoms with Crippen LogP contribution >= 0.6 is 0 Å². The summed E-state index contributed by atoms with van der Waals surface area (Å²) < 4.78 is 9.95. The molecule has 0 saturated carbocycles. The maximum atomic E-state index is 5.61. The van der Waals surface area contributed by atoms with E-state index < -0.39 is 0 Å². The molecule has 0 bridgehead atoms. The second kappa shape index (κ2) is 5.59. The number of benzene rings is 2. The van der Waals surface area contributed by atoms with E-state index in [0.717, 1.165) is 11.5 Å². The summed E-state index contributed by atoms with van der Waals surface area (Å²) >= 11 is 0. The molecule has 5 aromatic rings. The van der Waals surface area contributed by atoms with Crippen LogP contribution in [0.2, 0.25) is 0 Å². The number of aromatic nitrogens is 2. The number of rotatable bonds is 1. The second-order valence-corrected chi connectivity index (χ2v) is 5.72. The zero-order valence-corrected chi connectivity index (χ0v) is 15.5. The standard InChI is InChI=1S/C20H15N2O.Ir/c1-23-18-13-22-17-11-3-2-9-15(17)16-10-6-8-14-7-4-5-12-21(18)20(22)19(14)16;/h2-13H,1H3;/q-1;. The van der Waals surface area contributed by atoms with Gasteiger partial charge in [0.05, 0.1) is 7.11 Å². The molecule has 0 aliphatic rings. The van der Waals surface area contributed by atoms with Crippen LogP contribution in [0.4, 0.5) is 0 Å². The minimum Gasteiger partial charge on any atom is -0.506 e.